The van der Waals surface area contributed by atoms with Gasteiger partial charge in [0.25, 0.3) is 5.56 Å². The van der Waals surface area contributed by atoms with Crippen LogP contribution in [-0.2, 0) is 11.3 Å². The molecule has 0 saturated carbocycles. The standard InChI is InChI=1S/C18H20N4O4S/c1-10-7-12-15(20-10)17(24)22-18(21-12)27-9-14(23)19-8-11-5-4-6-13(25-2)16(11)26-3/h4-7,20H,8-9H2,1-3H3,(H,19,23)(H,21,22,24). The van der Waals surface area contributed by atoms with Gasteiger partial charge in [-0.15, -0.1) is 0 Å². The quantitative estimate of drug-likeness (QED) is 0.422. The van der Waals surface area contributed by atoms with Gasteiger partial charge in [0.2, 0.25) is 5.91 Å². The second-order valence-corrected chi connectivity index (χ2v) is 6.77. The van der Waals surface area contributed by atoms with Crippen molar-refractivity contribution < 1.29 is 14.3 Å². The molecule has 0 atom stereocenters. The predicted molar refractivity (Wildman–Crippen MR) is 104 cm³/mol. The molecular formula is C18H20N4O4S. The molecule has 142 valence electrons. The number of carbonyl (C=O) groups is 1. The summed E-state index contributed by atoms with van der Waals surface area (Å²) in [4.78, 5) is 34.2. The Bertz CT molecular complexity index is 1030. The fourth-order valence-corrected chi connectivity index (χ4v) is 3.37. The number of fused-ring (bicyclic) bond motifs is 1. The minimum atomic E-state index is -0.253. The zero-order valence-electron chi connectivity index (χ0n) is 15.2. The lowest BCUT2D eigenvalue weighted by Crippen LogP contribution is -2.25. The Balaban J connectivity index is 1.61. The van der Waals surface area contributed by atoms with Crippen molar-refractivity contribution in [3.63, 3.8) is 0 Å². The zero-order chi connectivity index (χ0) is 19.4. The van der Waals surface area contributed by atoms with E-state index in [0.29, 0.717) is 34.2 Å². The number of hydrogen-bond donors (Lipinski definition) is 3. The first-order chi connectivity index (χ1) is 13.0. The Morgan fingerprint density at radius 1 is 1.26 bits per heavy atom. The number of carbonyl (C=O) groups excluding carboxylic acids is 1. The van der Waals surface area contributed by atoms with Gasteiger partial charge in [0.05, 0.1) is 25.5 Å². The zero-order valence-corrected chi connectivity index (χ0v) is 16.0. The average Bonchev–Trinajstić information content (AvgIpc) is 3.05. The largest absolute Gasteiger partial charge is 0.493 e. The van der Waals surface area contributed by atoms with Gasteiger partial charge in [-0.25, -0.2) is 4.98 Å². The van der Waals surface area contributed by atoms with E-state index < -0.39 is 0 Å². The van der Waals surface area contributed by atoms with Gasteiger partial charge in [-0.05, 0) is 19.1 Å². The molecule has 0 saturated heterocycles. The van der Waals surface area contributed by atoms with Gasteiger partial charge in [-0.3, -0.25) is 14.6 Å². The van der Waals surface area contributed by atoms with Crippen LogP contribution in [0, 0.1) is 6.92 Å². The molecule has 0 radical (unpaired) electrons. The van der Waals surface area contributed by atoms with Crippen LogP contribution < -0.4 is 20.3 Å². The topological polar surface area (TPSA) is 109 Å². The molecule has 0 bridgehead atoms. The number of para-hydroxylation sites is 1. The van der Waals surface area contributed by atoms with E-state index in [1.807, 2.05) is 19.1 Å². The third kappa shape index (κ3) is 4.25. The van der Waals surface area contributed by atoms with Crippen LogP contribution in [0.4, 0.5) is 0 Å². The summed E-state index contributed by atoms with van der Waals surface area (Å²) in [5.74, 6) is 1.14. The van der Waals surface area contributed by atoms with Crippen molar-refractivity contribution >= 4 is 28.7 Å². The van der Waals surface area contributed by atoms with Crippen LogP contribution in [0.1, 0.15) is 11.3 Å². The third-order valence-corrected chi connectivity index (χ3v) is 4.77. The first-order valence-corrected chi connectivity index (χ1v) is 9.19. The number of amides is 1. The highest BCUT2D eigenvalue weighted by atomic mass is 32.2. The molecule has 0 fully saturated rings. The second kappa shape index (κ2) is 8.17. The molecule has 2 aromatic heterocycles. The minimum absolute atomic E-state index is 0.129. The van der Waals surface area contributed by atoms with Gasteiger partial charge in [0.15, 0.2) is 16.7 Å². The van der Waals surface area contributed by atoms with Crippen LogP contribution in [0.15, 0.2) is 34.2 Å². The number of aromatic nitrogens is 3. The second-order valence-electron chi connectivity index (χ2n) is 5.80. The number of rotatable bonds is 7. The minimum Gasteiger partial charge on any atom is -0.493 e. The van der Waals surface area contributed by atoms with E-state index in [4.69, 9.17) is 9.47 Å². The fourth-order valence-electron chi connectivity index (χ4n) is 2.67. The van der Waals surface area contributed by atoms with Crippen LogP contribution in [-0.4, -0.2) is 40.8 Å². The highest BCUT2D eigenvalue weighted by Crippen LogP contribution is 2.30. The molecule has 3 N–H and O–H groups in total. The summed E-state index contributed by atoms with van der Waals surface area (Å²) in [7, 11) is 3.12. The van der Waals surface area contributed by atoms with E-state index >= 15 is 0 Å². The van der Waals surface area contributed by atoms with E-state index in [0.717, 1.165) is 11.3 Å². The molecular weight excluding hydrogens is 368 g/mol. The van der Waals surface area contributed by atoms with E-state index in [2.05, 4.69) is 20.3 Å². The molecule has 3 rings (SSSR count). The summed E-state index contributed by atoms with van der Waals surface area (Å²) in [5, 5.41) is 3.23. The van der Waals surface area contributed by atoms with Crippen LogP contribution in [0.2, 0.25) is 0 Å². The van der Waals surface area contributed by atoms with Gasteiger partial charge >= 0.3 is 0 Å². The number of nitrogens with one attached hydrogen (secondary N) is 3. The fraction of sp³-hybridized carbons (Fsp3) is 0.278. The molecule has 0 unspecified atom stereocenters. The highest BCUT2D eigenvalue weighted by molar-refractivity contribution is 7.99. The molecule has 2 heterocycles. The lowest BCUT2D eigenvalue weighted by atomic mass is 10.2. The summed E-state index contributed by atoms with van der Waals surface area (Å²) in [6.07, 6.45) is 0. The Kier molecular flexibility index (Phi) is 5.70. The monoisotopic (exact) mass is 388 g/mol. The van der Waals surface area contributed by atoms with Crippen LogP contribution in [0.5, 0.6) is 11.5 Å². The van der Waals surface area contributed by atoms with Gasteiger partial charge in [0.1, 0.15) is 5.52 Å². The van der Waals surface area contributed by atoms with Gasteiger partial charge in [0, 0.05) is 17.8 Å². The maximum atomic E-state index is 12.2. The van der Waals surface area contributed by atoms with Gasteiger partial charge in [-0.2, -0.15) is 0 Å². The summed E-state index contributed by atoms with van der Waals surface area (Å²) in [6, 6.07) is 7.28. The molecule has 0 aliphatic heterocycles. The first kappa shape index (κ1) is 18.8. The number of hydrogen-bond acceptors (Lipinski definition) is 6. The average molecular weight is 388 g/mol. The Hall–Kier alpha value is -2.94. The number of aromatic amines is 2. The maximum Gasteiger partial charge on any atom is 0.275 e. The number of benzene rings is 1. The Morgan fingerprint density at radius 3 is 2.81 bits per heavy atom. The van der Waals surface area contributed by atoms with Crippen molar-refractivity contribution in [2.24, 2.45) is 0 Å². The van der Waals surface area contributed by atoms with Crippen LogP contribution in [0.3, 0.4) is 0 Å². The normalized spacial score (nSPS) is 10.8. The van der Waals surface area contributed by atoms with Gasteiger partial charge < -0.3 is 19.8 Å². The van der Waals surface area contributed by atoms with Crippen molar-refractivity contribution in [1.29, 1.82) is 0 Å². The molecule has 0 aliphatic rings. The number of thioether (sulfide) groups is 1. The van der Waals surface area contributed by atoms with E-state index in [9.17, 15) is 9.59 Å². The molecule has 0 spiro atoms. The number of nitrogens with zero attached hydrogens (tertiary/aromatic N) is 1. The lowest BCUT2D eigenvalue weighted by molar-refractivity contribution is -0.118. The van der Waals surface area contributed by atoms with Crippen molar-refractivity contribution in [2.75, 3.05) is 20.0 Å². The van der Waals surface area contributed by atoms with Crippen molar-refractivity contribution in [3.8, 4) is 11.5 Å². The molecule has 1 amide bonds. The molecule has 9 heteroatoms. The first-order valence-electron chi connectivity index (χ1n) is 8.21. The molecule has 3 aromatic rings. The number of H-pyrrole nitrogens is 2. The summed E-state index contributed by atoms with van der Waals surface area (Å²) in [6.45, 7) is 2.16. The summed E-state index contributed by atoms with van der Waals surface area (Å²) in [5.41, 5.74) is 2.44. The van der Waals surface area contributed by atoms with Crippen molar-refractivity contribution in [3.05, 3.63) is 45.9 Å². The molecule has 27 heavy (non-hydrogen) atoms. The molecule has 1 aromatic carbocycles. The molecule has 8 nitrogen and oxygen atoms in total. The van der Waals surface area contributed by atoms with Crippen LogP contribution in [0.25, 0.3) is 11.0 Å². The van der Waals surface area contributed by atoms with E-state index in [1.165, 1.54) is 11.8 Å². The Morgan fingerprint density at radius 2 is 2.07 bits per heavy atom. The summed E-state index contributed by atoms with van der Waals surface area (Å²) >= 11 is 1.17. The van der Waals surface area contributed by atoms with E-state index in [1.54, 1.807) is 26.4 Å². The maximum absolute atomic E-state index is 12.2. The van der Waals surface area contributed by atoms with E-state index in [-0.39, 0.29) is 17.2 Å². The van der Waals surface area contributed by atoms with Crippen LogP contribution >= 0.6 is 11.8 Å². The molecule has 0 aliphatic carbocycles. The van der Waals surface area contributed by atoms with Crippen molar-refractivity contribution in [2.45, 2.75) is 18.6 Å². The van der Waals surface area contributed by atoms with Crippen molar-refractivity contribution in [1.82, 2.24) is 20.3 Å². The third-order valence-electron chi connectivity index (χ3n) is 3.90. The highest BCUT2D eigenvalue weighted by Gasteiger charge is 2.12. The lowest BCUT2D eigenvalue weighted by Gasteiger charge is -2.13. The summed E-state index contributed by atoms with van der Waals surface area (Å²) < 4.78 is 10.6. The predicted octanol–water partition coefficient (Wildman–Crippen LogP) is 1.99. The number of ether oxygens (including phenoxy) is 2. The number of aryl methyl sites for hydroxylation is 1. The number of methoxy groups -OCH3 is 2. The Labute approximate surface area is 159 Å². The van der Waals surface area contributed by atoms with Gasteiger partial charge in [-0.1, -0.05) is 23.9 Å². The smallest absolute Gasteiger partial charge is 0.275 e. The SMILES string of the molecule is COc1cccc(CNC(=O)CSc2nc3cc(C)[nH]c3c(=O)[nH]2)c1OC.